The third kappa shape index (κ3) is 4.88. The molecule has 0 unspecified atom stereocenters. The van der Waals surface area contributed by atoms with Gasteiger partial charge in [-0.2, -0.15) is 0 Å². The number of ether oxygens (including phenoxy) is 3. The van der Waals surface area contributed by atoms with Gasteiger partial charge >= 0.3 is 0 Å². The molecule has 1 amide bonds. The van der Waals surface area contributed by atoms with Gasteiger partial charge in [0.25, 0.3) is 15.9 Å². The first-order valence-corrected chi connectivity index (χ1v) is 11.4. The monoisotopic (exact) mass is 470 g/mol. The second-order valence-electron chi connectivity index (χ2n) is 7.14. The van der Waals surface area contributed by atoms with Crippen LogP contribution in [-0.4, -0.2) is 42.7 Å². The molecule has 0 aliphatic rings. The average Bonchev–Trinajstić information content (AvgIpc) is 2.83. The number of anilines is 2. The number of methoxy groups -OCH3 is 3. The Hall–Kier alpha value is -3.72. The Balaban J connectivity index is 1.96. The summed E-state index contributed by atoms with van der Waals surface area (Å²) in [6.45, 7) is 1.74. The lowest BCUT2D eigenvalue weighted by Gasteiger charge is -2.22. The summed E-state index contributed by atoms with van der Waals surface area (Å²) in [4.78, 5) is 13.0. The molecule has 0 aromatic heterocycles. The van der Waals surface area contributed by atoms with Crippen molar-refractivity contribution in [1.29, 1.82) is 0 Å². The number of hydrogen-bond acceptors (Lipinski definition) is 6. The molecule has 3 rings (SSSR count). The van der Waals surface area contributed by atoms with Crippen molar-refractivity contribution in [2.75, 3.05) is 38.0 Å². The van der Waals surface area contributed by atoms with Crippen LogP contribution >= 0.6 is 0 Å². The van der Waals surface area contributed by atoms with Gasteiger partial charge in [0, 0.05) is 18.7 Å². The van der Waals surface area contributed by atoms with Crippen LogP contribution < -0.4 is 23.8 Å². The molecule has 0 saturated carbocycles. The highest BCUT2D eigenvalue weighted by Gasteiger charge is 2.25. The Labute approximate surface area is 193 Å². The van der Waals surface area contributed by atoms with Crippen molar-refractivity contribution in [3.63, 3.8) is 0 Å². The number of rotatable bonds is 8. The molecule has 174 valence electrons. The van der Waals surface area contributed by atoms with Crippen molar-refractivity contribution in [2.45, 2.75) is 11.8 Å². The van der Waals surface area contributed by atoms with Crippen LogP contribution in [0.4, 0.5) is 11.4 Å². The van der Waals surface area contributed by atoms with Gasteiger partial charge < -0.3 is 19.5 Å². The largest absolute Gasteiger partial charge is 0.497 e. The summed E-state index contributed by atoms with van der Waals surface area (Å²) in [6.07, 6.45) is 0. The predicted molar refractivity (Wildman–Crippen MR) is 127 cm³/mol. The van der Waals surface area contributed by atoms with E-state index in [4.69, 9.17) is 14.2 Å². The SMILES string of the molecule is COc1ccc(NC(=O)c2cc(S(=O)(=O)N(C)c3ccccc3OC)ccc2C)c(OC)c1. The van der Waals surface area contributed by atoms with Crippen LogP contribution in [0.15, 0.2) is 65.6 Å². The van der Waals surface area contributed by atoms with Crippen molar-refractivity contribution in [2.24, 2.45) is 0 Å². The van der Waals surface area contributed by atoms with Gasteiger partial charge in [0.2, 0.25) is 0 Å². The van der Waals surface area contributed by atoms with E-state index in [0.717, 1.165) is 4.31 Å². The van der Waals surface area contributed by atoms with Gasteiger partial charge in [-0.1, -0.05) is 18.2 Å². The normalized spacial score (nSPS) is 10.9. The maximum atomic E-state index is 13.3. The fraction of sp³-hybridized carbons (Fsp3) is 0.208. The summed E-state index contributed by atoms with van der Waals surface area (Å²) in [7, 11) is 1.97. The number of amides is 1. The smallest absolute Gasteiger partial charge is 0.264 e. The van der Waals surface area contributed by atoms with E-state index in [1.165, 1.54) is 40.5 Å². The highest BCUT2D eigenvalue weighted by molar-refractivity contribution is 7.92. The molecule has 0 radical (unpaired) electrons. The number of carbonyl (C=O) groups excluding carboxylic acids is 1. The minimum Gasteiger partial charge on any atom is -0.497 e. The Bertz CT molecular complexity index is 1270. The number of nitrogens with zero attached hydrogens (tertiary/aromatic N) is 1. The minimum absolute atomic E-state index is 0.0200. The molecule has 0 aliphatic heterocycles. The van der Waals surface area contributed by atoms with Gasteiger partial charge in [0.05, 0.1) is 37.6 Å². The predicted octanol–water partition coefficient (Wildman–Crippen LogP) is 4.10. The lowest BCUT2D eigenvalue weighted by Crippen LogP contribution is -2.27. The molecule has 0 spiro atoms. The molecule has 0 saturated heterocycles. The summed E-state index contributed by atoms with van der Waals surface area (Å²) in [6, 6.07) is 16.2. The van der Waals surface area contributed by atoms with Crippen molar-refractivity contribution >= 4 is 27.3 Å². The zero-order valence-electron chi connectivity index (χ0n) is 19.1. The Morgan fingerprint density at radius 1 is 0.879 bits per heavy atom. The third-order valence-electron chi connectivity index (χ3n) is 5.19. The van der Waals surface area contributed by atoms with Crippen LogP contribution in [0.1, 0.15) is 15.9 Å². The first kappa shape index (κ1) is 23.9. The second kappa shape index (κ2) is 9.83. The number of sulfonamides is 1. The van der Waals surface area contributed by atoms with Crippen LogP contribution in [0.25, 0.3) is 0 Å². The van der Waals surface area contributed by atoms with E-state index in [2.05, 4.69) is 5.32 Å². The average molecular weight is 471 g/mol. The quantitative estimate of drug-likeness (QED) is 0.533. The fourth-order valence-electron chi connectivity index (χ4n) is 3.28. The zero-order valence-corrected chi connectivity index (χ0v) is 19.9. The molecule has 0 fully saturated rings. The number of benzene rings is 3. The lowest BCUT2D eigenvalue weighted by molar-refractivity contribution is 0.102. The summed E-state index contributed by atoms with van der Waals surface area (Å²) in [5, 5.41) is 2.78. The molecular weight excluding hydrogens is 444 g/mol. The molecule has 3 aromatic carbocycles. The van der Waals surface area contributed by atoms with Gasteiger partial charge in [0.1, 0.15) is 17.2 Å². The van der Waals surface area contributed by atoms with Gasteiger partial charge in [-0.25, -0.2) is 8.42 Å². The molecule has 0 heterocycles. The van der Waals surface area contributed by atoms with E-state index in [1.54, 1.807) is 55.5 Å². The summed E-state index contributed by atoms with van der Waals surface area (Å²) in [5.41, 5.74) is 1.66. The standard InChI is InChI=1S/C24H26N2O6S/c1-16-10-12-18(33(28,29)26(2)21-8-6-7-9-22(21)31-4)15-19(16)24(27)25-20-13-11-17(30-3)14-23(20)32-5/h6-15H,1-5H3,(H,25,27). The molecule has 33 heavy (non-hydrogen) atoms. The Kier molecular flexibility index (Phi) is 7.13. The Morgan fingerprint density at radius 2 is 1.58 bits per heavy atom. The molecule has 3 aromatic rings. The van der Waals surface area contributed by atoms with Gasteiger partial charge in [-0.05, 0) is 48.9 Å². The van der Waals surface area contributed by atoms with E-state index < -0.39 is 15.9 Å². The highest BCUT2D eigenvalue weighted by Crippen LogP contribution is 2.32. The molecule has 0 bridgehead atoms. The maximum Gasteiger partial charge on any atom is 0.264 e. The van der Waals surface area contributed by atoms with Gasteiger partial charge in [0.15, 0.2) is 0 Å². The van der Waals surface area contributed by atoms with E-state index in [0.29, 0.717) is 34.2 Å². The number of para-hydroxylation sites is 2. The zero-order chi connectivity index (χ0) is 24.2. The second-order valence-corrected chi connectivity index (χ2v) is 9.11. The molecule has 1 N–H and O–H groups in total. The molecule has 8 nitrogen and oxygen atoms in total. The summed E-state index contributed by atoms with van der Waals surface area (Å²) < 4.78 is 43.6. The number of hydrogen-bond donors (Lipinski definition) is 1. The fourth-order valence-corrected chi connectivity index (χ4v) is 4.51. The van der Waals surface area contributed by atoms with Gasteiger partial charge in [-0.3, -0.25) is 9.10 Å². The third-order valence-corrected chi connectivity index (χ3v) is 6.96. The van der Waals surface area contributed by atoms with Crippen molar-refractivity contribution < 1.29 is 27.4 Å². The first-order valence-electron chi connectivity index (χ1n) is 9.99. The molecular formula is C24H26N2O6S. The van der Waals surface area contributed by atoms with Crippen LogP contribution in [0.2, 0.25) is 0 Å². The summed E-state index contributed by atoms with van der Waals surface area (Å²) in [5.74, 6) is 0.946. The van der Waals surface area contributed by atoms with Crippen molar-refractivity contribution in [3.8, 4) is 17.2 Å². The van der Waals surface area contributed by atoms with Crippen LogP contribution in [-0.2, 0) is 10.0 Å². The van der Waals surface area contributed by atoms with E-state index >= 15 is 0 Å². The van der Waals surface area contributed by atoms with Gasteiger partial charge in [-0.15, -0.1) is 0 Å². The van der Waals surface area contributed by atoms with Crippen LogP contribution in [0, 0.1) is 6.92 Å². The van der Waals surface area contributed by atoms with E-state index in [9.17, 15) is 13.2 Å². The lowest BCUT2D eigenvalue weighted by atomic mass is 10.1. The highest BCUT2D eigenvalue weighted by atomic mass is 32.2. The van der Waals surface area contributed by atoms with E-state index in [-0.39, 0.29) is 10.5 Å². The first-order chi connectivity index (χ1) is 15.7. The number of carbonyl (C=O) groups is 1. The number of nitrogens with one attached hydrogen (secondary N) is 1. The number of aryl methyl sites for hydroxylation is 1. The van der Waals surface area contributed by atoms with Crippen LogP contribution in [0.3, 0.4) is 0 Å². The maximum absolute atomic E-state index is 13.3. The van der Waals surface area contributed by atoms with Crippen molar-refractivity contribution in [3.05, 3.63) is 71.8 Å². The minimum atomic E-state index is -3.96. The van der Waals surface area contributed by atoms with E-state index in [1.807, 2.05) is 0 Å². The molecule has 9 heteroatoms. The Morgan fingerprint density at radius 3 is 2.24 bits per heavy atom. The molecule has 0 aliphatic carbocycles. The summed E-state index contributed by atoms with van der Waals surface area (Å²) >= 11 is 0. The van der Waals surface area contributed by atoms with Crippen LogP contribution in [0.5, 0.6) is 17.2 Å². The molecule has 0 atom stereocenters. The topological polar surface area (TPSA) is 94.2 Å². The van der Waals surface area contributed by atoms with Crippen molar-refractivity contribution in [1.82, 2.24) is 0 Å².